The Morgan fingerprint density at radius 2 is 1.69 bits per heavy atom. The van der Waals surface area contributed by atoms with Crippen LogP contribution in [0.15, 0.2) is 30.3 Å². The number of rotatable bonds is 2. The van der Waals surface area contributed by atoms with Crippen LogP contribution in [0, 0.1) is 11.8 Å². The number of hydrogen-bond acceptors (Lipinski definition) is 1. The zero-order chi connectivity index (χ0) is 11.5. The minimum Gasteiger partial charge on any atom is -0.298 e. The number of hydrogen-bond donors (Lipinski definition) is 0. The van der Waals surface area contributed by atoms with Crippen molar-refractivity contribution in [1.82, 2.24) is 4.90 Å². The fraction of sp³-hybridized carbons (Fsp3) is 0.571. The topological polar surface area (TPSA) is 3.24 Å². The van der Waals surface area contributed by atoms with Gasteiger partial charge >= 0.3 is 0 Å². The molecule has 1 aliphatic rings. The molecule has 1 saturated heterocycles. The molecule has 0 radical (unpaired) electrons. The maximum Gasteiger partial charge on any atom is 0.0233 e. The lowest BCUT2D eigenvalue weighted by molar-refractivity contribution is 0.145. The first-order valence-corrected chi connectivity index (χ1v) is 7.31. The zero-order valence-corrected chi connectivity index (χ0v) is 12.2. The largest absolute Gasteiger partial charge is 0.298 e. The van der Waals surface area contributed by atoms with Gasteiger partial charge in [0.2, 0.25) is 0 Å². The lowest BCUT2D eigenvalue weighted by Gasteiger charge is -2.38. The number of halogens is 1. The Hall–Kier alpha value is -0.0900. The van der Waals surface area contributed by atoms with Crippen molar-refractivity contribution in [3.63, 3.8) is 0 Å². The maximum absolute atomic E-state index is 2.62. The van der Waals surface area contributed by atoms with Gasteiger partial charge in [-0.2, -0.15) is 0 Å². The molecular formula is C14H20IN. The second-order valence-corrected chi connectivity index (χ2v) is 6.52. The summed E-state index contributed by atoms with van der Waals surface area (Å²) in [4.78, 5) is 2.60. The van der Waals surface area contributed by atoms with E-state index in [1.807, 2.05) is 0 Å². The normalized spacial score (nSPS) is 28.2. The zero-order valence-electron chi connectivity index (χ0n) is 10.1. The summed E-state index contributed by atoms with van der Waals surface area (Å²) >= 11 is 2.62. The highest BCUT2D eigenvalue weighted by atomic mass is 127. The van der Waals surface area contributed by atoms with Crippen molar-refractivity contribution in [2.75, 3.05) is 13.1 Å². The van der Waals surface area contributed by atoms with E-state index in [-0.39, 0.29) is 0 Å². The standard InChI is InChI=1S/C14H20IN/c1-11-8-16(9-12(2)14(11)15)10-13-6-4-3-5-7-13/h3-7,11-12,14H,8-10H2,1-2H3/t11-,12-/m1/s1. The summed E-state index contributed by atoms with van der Waals surface area (Å²) in [6.45, 7) is 8.36. The summed E-state index contributed by atoms with van der Waals surface area (Å²) < 4.78 is 0.838. The summed E-state index contributed by atoms with van der Waals surface area (Å²) in [5.74, 6) is 1.63. The molecular weight excluding hydrogens is 309 g/mol. The average Bonchev–Trinajstić information content (AvgIpc) is 2.27. The van der Waals surface area contributed by atoms with Crippen LogP contribution in [-0.4, -0.2) is 21.9 Å². The predicted molar refractivity (Wildman–Crippen MR) is 77.9 cm³/mol. The summed E-state index contributed by atoms with van der Waals surface area (Å²) in [5.41, 5.74) is 1.44. The van der Waals surface area contributed by atoms with Crippen molar-refractivity contribution in [3.8, 4) is 0 Å². The van der Waals surface area contributed by atoms with E-state index in [1.54, 1.807) is 0 Å². The molecule has 0 aliphatic carbocycles. The number of piperidine rings is 1. The van der Waals surface area contributed by atoms with Gasteiger partial charge in [-0.3, -0.25) is 4.90 Å². The summed E-state index contributed by atoms with van der Waals surface area (Å²) in [6.07, 6.45) is 0. The predicted octanol–water partition coefficient (Wildman–Crippen LogP) is 3.58. The maximum atomic E-state index is 2.62. The second kappa shape index (κ2) is 5.50. The van der Waals surface area contributed by atoms with Crippen LogP contribution in [-0.2, 0) is 6.54 Å². The van der Waals surface area contributed by atoms with Crippen LogP contribution in [0.25, 0.3) is 0 Å². The van der Waals surface area contributed by atoms with Crippen LogP contribution < -0.4 is 0 Å². The van der Waals surface area contributed by atoms with E-state index in [0.717, 1.165) is 22.3 Å². The Morgan fingerprint density at radius 3 is 2.25 bits per heavy atom. The van der Waals surface area contributed by atoms with E-state index in [4.69, 9.17) is 0 Å². The van der Waals surface area contributed by atoms with Crippen LogP contribution in [0.2, 0.25) is 0 Å². The smallest absolute Gasteiger partial charge is 0.0233 e. The molecule has 2 atom stereocenters. The SMILES string of the molecule is C[C@@H]1CN(Cc2ccccc2)C[C@@H](C)C1I. The minimum atomic E-state index is 0.813. The summed E-state index contributed by atoms with van der Waals surface area (Å²) in [5, 5.41) is 0. The molecule has 1 aromatic carbocycles. The summed E-state index contributed by atoms with van der Waals surface area (Å²) in [7, 11) is 0. The minimum absolute atomic E-state index is 0.813. The van der Waals surface area contributed by atoms with Crippen LogP contribution in [0.3, 0.4) is 0 Å². The first-order chi connectivity index (χ1) is 7.66. The third-order valence-corrected chi connectivity index (χ3v) is 5.88. The van der Waals surface area contributed by atoms with E-state index >= 15 is 0 Å². The van der Waals surface area contributed by atoms with Gasteiger partial charge in [0, 0.05) is 23.6 Å². The van der Waals surface area contributed by atoms with Crippen molar-refractivity contribution in [2.45, 2.75) is 24.3 Å². The molecule has 0 bridgehead atoms. The van der Waals surface area contributed by atoms with Crippen molar-refractivity contribution in [2.24, 2.45) is 11.8 Å². The molecule has 1 aromatic rings. The molecule has 0 N–H and O–H groups in total. The van der Waals surface area contributed by atoms with Crippen molar-refractivity contribution >= 4 is 22.6 Å². The fourth-order valence-corrected chi connectivity index (χ4v) is 3.08. The van der Waals surface area contributed by atoms with E-state index in [9.17, 15) is 0 Å². The van der Waals surface area contributed by atoms with Gasteiger partial charge in [0.05, 0.1) is 0 Å². The lowest BCUT2D eigenvalue weighted by Crippen LogP contribution is -2.44. The first kappa shape index (κ1) is 12.4. The molecule has 1 heterocycles. The molecule has 1 fully saturated rings. The van der Waals surface area contributed by atoms with Gasteiger partial charge in [-0.1, -0.05) is 66.8 Å². The van der Waals surface area contributed by atoms with E-state index < -0.39 is 0 Å². The Kier molecular flexibility index (Phi) is 4.25. The Bertz CT molecular complexity index is 313. The van der Waals surface area contributed by atoms with Crippen LogP contribution in [0.4, 0.5) is 0 Å². The van der Waals surface area contributed by atoms with Crippen LogP contribution in [0.5, 0.6) is 0 Å². The van der Waals surface area contributed by atoms with Gasteiger partial charge in [0.15, 0.2) is 0 Å². The van der Waals surface area contributed by atoms with Crippen LogP contribution in [0.1, 0.15) is 19.4 Å². The molecule has 1 nitrogen and oxygen atoms in total. The van der Waals surface area contributed by atoms with Gasteiger partial charge in [0.25, 0.3) is 0 Å². The molecule has 1 aliphatic heterocycles. The molecule has 0 saturated carbocycles. The lowest BCUT2D eigenvalue weighted by atomic mass is 9.91. The van der Waals surface area contributed by atoms with Gasteiger partial charge in [0.1, 0.15) is 0 Å². The molecule has 0 aromatic heterocycles. The number of alkyl halides is 1. The van der Waals surface area contributed by atoms with Crippen molar-refractivity contribution < 1.29 is 0 Å². The van der Waals surface area contributed by atoms with Gasteiger partial charge in [-0.25, -0.2) is 0 Å². The monoisotopic (exact) mass is 329 g/mol. The number of likely N-dealkylation sites (tertiary alicyclic amines) is 1. The van der Waals surface area contributed by atoms with E-state index in [2.05, 4.69) is 71.7 Å². The average molecular weight is 329 g/mol. The Labute approximate surface area is 112 Å². The quantitative estimate of drug-likeness (QED) is 0.592. The molecule has 88 valence electrons. The van der Waals surface area contributed by atoms with Crippen molar-refractivity contribution in [1.29, 1.82) is 0 Å². The molecule has 0 spiro atoms. The third-order valence-electron chi connectivity index (χ3n) is 3.43. The number of benzene rings is 1. The molecule has 2 heteroatoms. The molecule has 0 unspecified atom stereocenters. The fourth-order valence-electron chi connectivity index (χ4n) is 2.62. The Morgan fingerprint density at radius 1 is 1.12 bits per heavy atom. The summed E-state index contributed by atoms with van der Waals surface area (Å²) in [6, 6.07) is 10.8. The third kappa shape index (κ3) is 2.98. The second-order valence-electron chi connectivity index (χ2n) is 5.08. The van der Waals surface area contributed by atoms with Crippen molar-refractivity contribution in [3.05, 3.63) is 35.9 Å². The molecule has 2 rings (SSSR count). The van der Waals surface area contributed by atoms with Gasteiger partial charge in [-0.05, 0) is 17.4 Å². The molecule has 0 amide bonds. The van der Waals surface area contributed by atoms with Crippen LogP contribution >= 0.6 is 22.6 Å². The highest BCUT2D eigenvalue weighted by Crippen LogP contribution is 2.29. The number of nitrogens with zero attached hydrogens (tertiary/aromatic N) is 1. The van der Waals surface area contributed by atoms with Gasteiger partial charge < -0.3 is 0 Å². The highest BCUT2D eigenvalue weighted by Gasteiger charge is 2.29. The van der Waals surface area contributed by atoms with Gasteiger partial charge in [-0.15, -0.1) is 0 Å². The van der Waals surface area contributed by atoms with E-state index in [1.165, 1.54) is 18.7 Å². The molecule has 16 heavy (non-hydrogen) atoms. The Balaban J connectivity index is 1.97. The van der Waals surface area contributed by atoms with E-state index in [0.29, 0.717) is 0 Å². The first-order valence-electron chi connectivity index (χ1n) is 6.07. The highest BCUT2D eigenvalue weighted by molar-refractivity contribution is 14.1.